The van der Waals surface area contributed by atoms with Gasteiger partial charge in [-0.05, 0) is 24.3 Å². The highest BCUT2D eigenvalue weighted by atomic mass is 32.2. The van der Waals surface area contributed by atoms with E-state index in [0.717, 1.165) is 4.90 Å². The molecule has 1 amide bonds. The van der Waals surface area contributed by atoms with E-state index in [9.17, 15) is 20.0 Å². The predicted molar refractivity (Wildman–Crippen MR) is 78.1 cm³/mol. The number of carbonyl (C=O) groups excluding carboxylic acids is 1. The average Bonchev–Trinajstić information content (AvgIpc) is 2.43. The smallest absolute Gasteiger partial charge is 0.282 e. The maximum Gasteiger partial charge on any atom is 0.282 e. The predicted octanol–water partition coefficient (Wildman–Crippen LogP) is 2.06. The zero-order valence-corrected chi connectivity index (χ0v) is 12.4. The van der Waals surface area contributed by atoms with Crippen molar-refractivity contribution in [3.05, 3.63) is 33.9 Å². The van der Waals surface area contributed by atoms with Gasteiger partial charge in [0.05, 0.1) is 11.0 Å². The number of rotatable bonds is 6. The minimum Gasteiger partial charge on any atom is -0.391 e. The number of thioether (sulfide) groups is 1. The number of nitrogens with zero attached hydrogens (tertiary/aromatic N) is 1. The molecule has 1 unspecified atom stereocenters. The lowest BCUT2D eigenvalue weighted by atomic mass is 10.1. The summed E-state index contributed by atoms with van der Waals surface area (Å²) in [4.78, 5) is 23.2. The number of nitrogens with one attached hydrogen (secondary N) is 1. The van der Waals surface area contributed by atoms with Crippen molar-refractivity contribution >= 4 is 23.4 Å². The van der Waals surface area contributed by atoms with Crippen LogP contribution in [0.5, 0.6) is 0 Å². The van der Waals surface area contributed by atoms with E-state index in [1.165, 1.54) is 23.9 Å². The summed E-state index contributed by atoms with van der Waals surface area (Å²) in [7, 11) is 0. The number of hydrogen-bond donors (Lipinski definition) is 2. The molecule has 0 saturated heterocycles. The molecule has 0 aromatic heterocycles. The Morgan fingerprint density at radius 3 is 2.65 bits per heavy atom. The van der Waals surface area contributed by atoms with Crippen molar-refractivity contribution < 1.29 is 14.8 Å². The first-order valence-corrected chi connectivity index (χ1v) is 7.38. The molecule has 0 aliphatic rings. The van der Waals surface area contributed by atoms with Gasteiger partial charge in [-0.3, -0.25) is 14.9 Å². The summed E-state index contributed by atoms with van der Waals surface area (Å²) in [5, 5.41) is 23.1. The number of hydrogen-bond acceptors (Lipinski definition) is 5. The van der Waals surface area contributed by atoms with Crippen LogP contribution in [0.15, 0.2) is 23.1 Å². The van der Waals surface area contributed by atoms with Crippen molar-refractivity contribution in [3.8, 4) is 0 Å². The number of nitro benzene ring substituents is 1. The number of aliphatic hydroxyl groups excluding tert-OH is 1. The van der Waals surface area contributed by atoms with Crippen LogP contribution >= 0.6 is 11.8 Å². The average molecular weight is 298 g/mol. The van der Waals surface area contributed by atoms with Crippen molar-refractivity contribution in [1.29, 1.82) is 0 Å². The molecule has 0 radical (unpaired) electrons. The summed E-state index contributed by atoms with van der Waals surface area (Å²) in [6, 6.07) is 4.40. The highest BCUT2D eigenvalue weighted by molar-refractivity contribution is 7.98. The Hall–Kier alpha value is -1.60. The van der Waals surface area contributed by atoms with Crippen molar-refractivity contribution in [2.75, 3.05) is 12.8 Å². The van der Waals surface area contributed by atoms with Gasteiger partial charge in [-0.1, -0.05) is 13.8 Å². The van der Waals surface area contributed by atoms with Crippen molar-refractivity contribution in [2.45, 2.75) is 24.8 Å². The minimum absolute atomic E-state index is 0.00261. The highest BCUT2D eigenvalue weighted by Gasteiger charge is 2.21. The van der Waals surface area contributed by atoms with Gasteiger partial charge < -0.3 is 10.4 Å². The van der Waals surface area contributed by atoms with Gasteiger partial charge in [0.1, 0.15) is 5.56 Å². The largest absolute Gasteiger partial charge is 0.391 e. The molecule has 6 nitrogen and oxygen atoms in total. The molecular formula is C13H18N2O4S. The number of aliphatic hydroxyl groups is 1. The Balaban J connectivity index is 2.93. The second kappa shape index (κ2) is 7.25. The number of amides is 1. The monoisotopic (exact) mass is 298 g/mol. The van der Waals surface area contributed by atoms with Gasteiger partial charge in [0.2, 0.25) is 0 Å². The molecule has 0 aliphatic carbocycles. The summed E-state index contributed by atoms with van der Waals surface area (Å²) >= 11 is 1.40. The summed E-state index contributed by atoms with van der Waals surface area (Å²) in [6.07, 6.45) is 1.15. The van der Waals surface area contributed by atoms with Gasteiger partial charge in [0.15, 0.2) is 0 Å². The third-order valence-electron chi connectivity index (χ3n) is 2.89. The number of carbonyl (C=O) groups is 1. The standard InChI is InChI=1S/C13H18N2O4S/c1-8(2)12(16)7-14-13(17)10-6-9(20-3)4-5-11(10)15(18)19/h4-6,8,12,16H,7H2,1-3H3,(H,14,17). The Kier molecular flexibility index (Phi) is 5.97. The van der Waals surface area contributed by atoms with E-state index >= 15 is 0 Å². The molecule has 20 heavy (non-hydrogen) atoms. The molecule has 2 N–H and O–H groups in total. The molecule has 0 heterocycles. The topological polar surface area (TPSA) is 92.5 Å². The van der Waals surface area contributed by atoms with E-state index in [0.29, 0.717) is 0 Å². The van der Waals surface area contributed by atoms with Crippen LogP contribution < -0.4 is 5.32 Å². The lowest BCUT2D eigenvalue weighted by Crippen LogP contribution is -2.35. The quantitative estimate of drug-likeness (QED) is 0.476. The first-order valence-electron chi connectivity index (χ1n) is 6.15. The van der Waals surface area contributed by atoms with Crippen LogP contribution in [0.1, 0.15) is 24.2 Å². The van der Waals surface area contributed by atoms with Crippen LogP contribution in [-0.4, -0.2) is 34.8 Å². The van der Waals surface area contributed by atoms with E-state index in [4.69, 9.17) is 0 Å². The SMILES string of the molecule is CSc1ccc([N+](=O)[O-])c(C(=O)NCC(O)C(C)C)c1. The Morgan fingerprint density at radius 2 is 2.15 bits per heavy atom. The first-order chi connectivity index (χ1) is 9.36. The summed E-state index contributed by atoms with van der Waals surface area (Å²) in [6.45, 7) is 3.72. The summed E-state index contributed by atoms with van der Waals surface area (Å²) < 4.78 is 0. The van der Waals surface area contributed by atoms with E-state index in [1.54, 1.807) is 6.07 Å². The highest BCUT2D eigenvalue weighted by Crippen LogP contribution is 2.24. The Morgan fingerprint density at radius 1 is 1.50 bits per heavy atom. The van der Waals surface area contributed by atoms with E-state index < -0.39 is 16.9 Å². The molecule has 0 saturated carbocycles. The van der Waals surface area contributed by atoms with Crippen LogP contribution in [-0.2, 0) is 0 Å². The Bertz CT molecular complexity index is 505. The van der Waals surface area contributed by atoms with Gasteiger partial charge in [0.25, 0.3) is 11.6 Å². The van der Waals surface area contributed by atoms with Crippen molar-refractivity contribution in [3.63, 3.8) is 0 Å². The molecule has 0 bridgehead atoms. The van der Waals surface area contributed by atoms with Crippen LogP contribution in [0, 0.1) is 16.0 Å². The fourth-order valence-corrected chi connectivity index (χ4v) is 1.95. The van der Waals surface area contributed by atoms with Gasteiger partial charge in [-0.25, -0.2) is 0 Å². The fraction of sp³-hybridized carbons (Fsp3) is 0.462. The normalized spacial score (nSPS) is 12.2. The summed E-state index contributed by atoms with van der Waals surface area (Å²) in [5.74, 6) is -0.546. The van der Waals surface area contributed by atoms with Crippen LogP contribution in [0.4, 0.5) is 5.69 Å². The maximum atomic E-state index is 12.0. The molecule has 0 spiro atoms. The zero-order valence-electron chi connectivity index (χ0n) is 11.6. The zero-order chi connectivity index (χ0) is 15.3. The molecule has 1 atom stereocenters. The molecule has 1 aromatic rings. The first kappa shape index (κ1) is 16.5. The molecule has 1 aromatic carbocycles. The number of benzene rings is 1. The summed E-state index contributed by atoms with van der Waals surface area (Å²) in [5.41, 5.74) is -0.225. The molecular weight excluding hydrogens is 280 g/mol. The van der Waals surface area contributed by atoms with Gasteiger partial charge in [0, 0.05) is 17.5 Å². The number of nitro groups is 1. The molecule has 0 fully saturated rings. The van der Waals surface area contributed by atoms with Crippen molar-refractivity contribution in [2.24, 2.45) is 5.92 Å². The molecule has 7 heteroatoms. The fourth-order valence-electron chi connectivity index (χ4n) is 1.51. The van der Waals surface area contributed by atoms with Crippen LogP contribution in [0.3, 0.4) is 0 Å². The lowest BCUT2D eigenvalue weighted by Gasteiger charge is -2.15. The minimum atomic E-state index is -0.679. The van der Waals surface area contributed by atoms with E-state index in [1.807, 2.05) is 20.1 Å². The Labute approximate surface area is 121 Å². The maximum absolute atomic E-state index is 12.0. The third kappa shape index (κ3) is 4.21. The third-order valence-corrected chi connectivity index (χ3v) is 3.61. The van der Waals surface area contributed by atoms with E-state index in [2.05, 4.69) is 5.32 Å². The lowest BCUT2D eigenvalue weighted by molar-refractivity contribution is -0.385. The molecule has 1 rings (SSSR count). The molecule has 0 aliphatic heterocycles. The van der Waals surface area contributed by atoms with Gasteiger partial charge in [-0.2, -0.15) is 0 Å². The second-order valence-corrected chi connectivity index (χ2v) is 5.54. The van der Waals surface area contributed by atoms with Crippen LogP contribution in [0.25, 0.3) is 0 Å². The second-order valence-electron chi connectivity index (χ2n) is 4.66. The van der Waals surface area contributed by atoms with Crippen LogP contribution in [0.2, 0.25) is 0 Å². The van der Waals surface area contributed by atoms with E-state index in [-0.39, 0.29) is 23.7 Å². The van der Waals surface area contributed by atoms with Gasteiger partial charge in [-0.15, -0.1) is 11.8 Å². The van der Waals surface area contributed by atoms with Crippen molar-refractivity contribution in [1.82, 2.24) is 5.32 Å². The van der Waals surface area contributed by atoms with Gasteiger partial charge >= 0.3 is 0 Å². The molecule has 110 valence electrons.